The third kappa shape index (κ3) is 2.96. The minimum absolute atomic E-state index is 0.0313. The Kier molecular flexibility index (Phi) is 4.34. The van der Waals surface area contributed by atoms with Gasteiger partial charge in [0.2, 0.25) is 0 Å². The van der Waals surface area contributed by atoms with E-state index in [-0.39, 0.29) is 22.3 Å². The molecule has 1 aromatic rings. The Labute approximate surface area is 102 Å². The number of nitrogens with one attached hydrogen (secondary N) is 1. The Morgan fingerprint density at radius 3 is 2.50 bits per heavy atom. The van der Waals surface area contributed by atoms with E-state index in [4.69, 9.17) is 11.6 Å². The molecule has 0 fully saturated rings. The molecule has 1 atom stereocenters. The first kappa shape index (κ1) is 13.5. The molecule has 1 rings (SSSR count). The minimum atomic E-state index is -0.315. The third-order valence-electron chi connectivity index (χ3n) is 2.57. The van der Waals surface area contributed by atoms with Gasteiger partial charge in [-0.05, 0) is 18.0 Å². The van der Waals surface area contributed by atoms with E-state index < -0.39 is 0 Å². The minimum Gasteiger partial charge on any atom is -0.310 e. The van der Waals surface area contributed by atoms with E-state index in [0.29, 0.717) is 5.56 Å². The van der Waals surface area contributed by atoms with Gasteiger partial charge in [-0.2, -0.15) is 0 Å². The SMILES string of the molecule is CCNC(c1cccc(Cl)c1F)C(C)(C)C. The summed E-state index contributed by atoms with van der Waals surface area (Å²) in [5.41, 5.74) is 0.587. The van der Waals surface area contributed by atoms with Crippen LogP contribution in [0.3, 0.4) is 0 Å². The zero-order chi connectivity index (χ0) is 12.3. The molecule has 0 heterocycles. The predicted octanol–water partition coefficient (Wildman–Crippen LogP) is 4.18. The van der Waals surface area contributed by atoms with Crippen molar-refractivity contribution in [2.75, 3.05) is 6.54 Å². The first-order chi connectivity index (χ1) is 7.38. The molecule has 90 valence electrons. The standard InChI is InChI=1S/C13H19ClFN/c1-5-16-12(13(2,3)4)9-7-6-8-10(14)11(9)15/h6-8,12,16H,5H2,1-4H3. The van der Waals surface area contributed by atoms with Crippen molar-refractivity contribution in [2.24, 2.45) is 5.41 Å². The van der Waals surface area contributed by atoms with Crippen LogP contribution in [0.1, 0.15) is 39.3 Å². The average molecular weight is 244 g/mol. The summed E-state index contributed by atoms with van der Waals surface area (Å²) in [5.74, 6) is -0.315. The van der Waals surface area contributed by atoms with Crippen molar-refractivity contribution < 1.29 is 4.39 Å². The summed E-state index contributed by atoms with van der Waals surface area (Å²) < 4.78 is 13.9. The van der Waals surface area contributed by atoms with Crippen LogP contribution in [0, 0.1) is 11.2 Å². The second-order valence-electron chi connectivity index (χ2n) is 5.00. The number of rotatable bonds is 3. The number of halogens is 2. The van der Waals surface area contributed by atoms with Crippen LogP contribution >= 0.6 is 11.6 Å². The van der Waals surface area contributed by atoms with Gasteiger partial charge in [0.25, 0.3) is 0 Å². The van der Waals surface area contributed by atoms with Gasteiger partial charge >= 0.3 is 0 Å². The van der Waals surface area contributed by atoms with Gasteiger partial charge in [-0.15, -0.1) is 0 Å². The Bertz CT molecular complexity index is 357. The Hall–Kier alpha value is -0.600. The molecule has 0 spiro atoms. The first-order valence-corrected chi connectivity index (χ1v) is 5.93. The van der Waals surface area contributed by atoms with E-state index in [1.54, 1.807) is 18.2 Å². The molecule has 0 saturated carbocycles. The van der Waals surface area contributed by atoms with Crippen LogP contribution in [-0.2, 0) is 0 Å². The zero-order valence-electron chi connectivity index (χ0n) is 10.3. The molecule has 16 heavy (non-hydrogen) atoms. The van der Waals surface area contributed by atoms with Crippen LogP contribution in [0.2, 0.25) is 5.02 Å². The maximum atomic E-state index is 13.9. The van der Waals surface area contributed by atoms with Crippen LogP contribution in [-0.4, -0.2) is 6.54 Å². The highest BCUT2D eigenvalue weighted by Gasteiger charge is 2.28. The van der Waals surface area contributed by atoms with E-state index in [1.807, 2.05) is 6.92 Å². The zero-order valence-corrected chi connectivity index (χ0v) is 11.0. The van der Waals surface area contributed by atoms with Crippen LogP contribution in [0.4, 0.5) is 4.39 Å². The fourth-order valence-electron chi connectivity index (χ4n) is 1.83. The van der Waals surface area contributed by atoms with Gasteiger partial charge in [0, 0.05) is 11.6 Å². The number of benzene rings is 1. The second-order valence-corrected chi connectivity index (χ2v) is 5.41. The van der Waals surface area contributed by atoms with Crippen molar-refractivity contribution in [3.8, 4) is 0 Å². The lowest BCUT2D eigenvalue weighted by Gasteiger charge is -2.32. The van der Waals surface area contributed by atoms with Crippen LogP contribution in [0.25, 0.3) is 0 Å². The van der Waals surface area contributed by atoms with Gasteiger partial charge in [0.15, 0.2) is 0 Å². The lowest BCUT2D eigenvalue weighted by molar-refractivity contribution is 0.270. The van der Waals surface area contributed by atoms with Gasteiger partial charge in [-0.1, -0.05) is 51.4 Å². The molecule has 0 bridgehead atoms. The van der Waals surface area contributed by atoms with E-state index in [1.165, 1.54) is 0 Å². The topological polar surface area (TPSA) is 12.0 Å². The molecule has 1 N–H and O–H groups in total. The summed E-state index contributed by atoms with van der Waals surface area (Å²) in [5, 5.41) is 3.49. The van der Waals surface area contributed by atoms with Crippen molar-refractivity contribution >= 4 is 11.6 Å². The molecule has 0 aliphatic carbocycles. The molecule has 0 radical (unpaired) electrons. The highest BCUT2D eigenvalue weighted by atomic mass is 35.5. The quantitative estimate of drug-likeness (QED) is 0.840. The molecule has 0 aliphatic heterocycles. The van der Waals surface area contributed by atoms with Gasteiger partial charge in [0.1, 0.15) is 5.82 Å². The van der Waals surface area contributed by atoms with Gasteiger partial charge < -0.3 is 5.32 Å². The number of hydrogen-bond acceptors (Lipinski definition) is 1. The van der Waals surface area contributed by atoms with E-state index >= 15 is 0 Å². The predicted molar refractivity (Wildman–Crippen MR) is 67.3 cm³/mol. The van der Waals surface area contributed by atoms with E-state index in [2.05, 4.69) is 26.1 Å². The molecule has 3 heteroatoms. The fraction of sp³-hybridized carbons (Fsp3) is 0.538. The fourth-order valence-corrected chi connectivity index (χ4v) is 2.01. The van der Waals surface area contributed by atoms with Crippen LogP contribution in [0.15, 0.2) is 18.2 Å². The maximum Gasteiger partial charge on any atom is 0.146 e. The normalized spacial score (nSPS) is 13.9. The van der Waals surface area contributed by atoms with Crippen molar-refractivity contribution in [1.29, 1.82) is 0 Å². The average Bonchev–Trinajstić information content (AvgIpc) is 2.18. The van der Waals surface area contributed by atoms with Gasteiger partial charge in [-0.25, -0.2) is 4.39 Å². The highest BCUT2D eigenvalue weighted by molar-refractivity contribution is 6.30. The Morgan fingerprint density at radius 1 is 1.38 bits per heavy atom. The molecular weight excluding hydrogens is 225 g/mol. The molecular formula is C13H19ClFN. The summed E-state index contributed by atoms with van der Waals surface area (Å²) in [6.45, 7) is 9.07. The van der Waals surface area contributed by atoms with Crippen molar-refractivity contribution in [3.63, 3.8) is 0 Å². The molecule has 0 saturated heterocycles. The third-order valence-corrected chi connectivity index (χ3v) is 2.86. The van der Waals surface area contributed by atoms with Gasteiger partial charge in [0.05, 0.1) is 5.02 Å². The smallest absolute Gasteiger partial charge is 0.146 e. The highest BCUT2D eigenvalue weighted by Crippen LogP contribution is 2.35. The summed E-state index contributed by atoms with van der Waals surface area (Å²) in [7, 11) is 0. The van der Waals surface area contributed by atoms with Crippen LogP contribution < -0.4 is 5.32 Å². The van der Waals surface area contributed by atoms with Crippen molar-refractivity contribution in [2.45, 2.75) is 33.7 Å². The monoisotopic (exact) mass is 243 g/mol. The molecule has 0 amide bonds. The first-order valence-electron chi connectivity index (χ1n) is 5.55. The maximum absolute atomic E-state index is 13.9. The Balaban J connectivity index is 3.16. The van der Waals surface area contributed by atoms with Crippen molar-refractivity contribution in [1.82, 2.24) is 5.32 Å². The molecule has 1 unspecified atom stereocenters. The largest absolute Gasteiger partial charge is 0.310 e. The van der Waals surface area contributed by atoms with E-state index in [0.717, 1.165) is 6.54 Å². The summed E-state index contributed by atoms with van der Waals surface area (Å²) in [4.78, 5) is 0. The molecule has 0 aromatic heterocycles. The van der Waals surface area contributed by atoms with Gasteiger partial charge in [-0.3, -0.25) is 0 Å². The second kappa shape index (κ2) is 5.15. The van der Waals surface area contributed by atoms with Crippen LogP contribution in [0.5, 0.6) is 0 Å². The summed E-state index contributed by atoms with van der Waals surface area (Å²) >= 11 is 5.81. The molecule has 0 aliphatic rings. The van der Waals surface area contributed by atoms with Crippen molar-refractivity contribution in [3.05, 3.63) is 34.6 Å². The lowest BCUT2D eigenvalue weighted by atomic mass is 9.82. The molecule has 1 nitrogen and oxygen atoms in total. The molecule has 1 aromatic carbocycles. The number of hydrogen-bond donors (Lipinski definition) is 1. The van der Waals surface area contributed by atoms with E-state index in [9.17, 15) is 4.39 Å². The summed E-state index contributed by atoms with van der Waals surface area (Å²) in [6.07, 6.45) is 0. The Morgan fingerprint density at radius 2 is 2.00 bits per heavy atom. The summed E-state index contributed by atoms with van der Waals surface area (Å²) in [6, 6.07) is 5.12. The lowest BCUT2D eigenvalue weighted by Crippen LogP contribution is -2.32.